The molecular formula is C42H63N9O15S. The van der Waals surface area contributed by atoms with Crippen molar-refractivity contribution in [3.8, 4) is 5.75 Å². The zero-order valence-corrected chi connectivity index (χ0v) is 38.5. The number of carbonyl (C=O) groups is 11. The molecule has 14 N–H and O–H groups in total. The van der Waals surface area contributed by atoms with E-state index in [4.69, 9.17) is 11.5 Å². The van der Waals surface area contributed by atoms with Crippen molar-refractivity contribution in [3.05, 3.63) is 29.8 Å². The molecule has 372 valence electrons. The molecule has 25 heteroatoms. The summed E-state index contributed by atoms with van der Waals surface area (Å²) in [5.41, 5.74) is 9.22. The Morgan fingerprint density at radius 2 is 1.37 bits per heavy atom. The van der Waals surface area contributed by atoms with E-state index in [0.29, 0.717) is 5.56 Å². The minimum absolute atomic E-state index is 0.0518. The second-order valence-corrected chi connectivity index (χ2v) is 18.3. The number of amides is 9. The number of phenolic OH excluding ortho intramolecular Hbond substituents is 1. The van der Waals surface area contributed by atoms with E-state index in [-0.39, 0.29) is 76.0 Å². The molecule has 2 rings (SSSR count). The van der Waals surface area contributed by atoms with E-state index >= 15 is 0 Å². The predicted octanol–water partition coefficient (Wildman–Crippen LogP) is -2.80. The molecular weight excluding hydrogens is 903 g/mol. The SMILES string of the molecule is CC(C)C[C@@H]1NC(=O)[C@H](CCCC(=O)O)NC(=O)C[S@](=O)C[C@@H](C(N)=O)NC(=O)CCCCNC(=O)[C@H](CC(N)=O)NC(=O)[C@](C)(CCCC(=O)O)NC(=O)[C@H](Cc2ccc(O)cc2)NC1=O. The minimum Gasteiger partial charge on any atom is -0.508 e. The van der Waals surface area contributed by atoms with E-state index in [1.165, 1.54) is 31.2 Å². The molecule has 9 amide bonds. The highest BCUT2D eigenvalue weighted by Gasteiger charge is 2.40. The number of carboxylic acids is 2. The second-order valence-electron chi connectivity index (χ2n) is 16.8. The first-order valence-corrected chi connectivity index (χ1v) is 23.1. The van der Waals surface area contributed by atoms with Gasteiger partial charge in [0.1, 0.15) is 47.3 Å². The van der Waals surface area contributed by atoms with Crippen molar-refractivity contribution in [1.29, 1.82) is 0 Å². The molecule has 1 aromatic carbocycles. The Balaban J connectivity index is 2.70. The van der Waals surface area contributed by atoms with E-state index in [9.17, 15) is 72.3 Å². The topological polar surface area (TPSA) is 402 Å². The molecule has 0 unspecified atom stereocenters. The number of carbonyl (C=O) groups excluding carboxylic acids is 9. The lowest BCUT2D eigenvalue weighted by Crippen LogP contribution is -2.64. The third-order valence-electron chi connectivity index (χ3n) is 10.3. The highest BCUT2D eigenvalue weighted by atomic mass is 32.2. The quantitative estimate of drug-likeness (QED) is 0.0845. The number of phenols is 1. The van der Waals surface area contributed by atoms with Crippen molar-refractivity contribution in [2.24, 2.45) is 17.4 Å². The predicted molar refractivity (Wildman–Crippen MR) is 238 cm³/mol. The van der Waals surface area contributed by atoms with Gasteiger partial charge in [-0.1, -0.05) is 26.0 Å². The van der Waals surface area contributed by atoms with Crippen LogP contribution in [0.25, 0.3) is 0 Å². The minimum atomic E-state index is -2.15. The normalized spacial score (nSPS) is 24.9. The number of nitrogens with one attached hydrogen (secondary N) is 7. The first-order valence-electron chi connectivity index (χ1n) is 21.6. The number of primary amides is 2. The fourth-order valence-corrected chi connectivity index (χ4v) is 7.91. The lowest BCUT2D eigenvalue weighted by atomic mass is 9.91. The molecule has 1 saturated heterocycles. The third kappa shape index (κ3) is 21.5. The zero-order valence-electron chi connectivity index (χ0n) is 37.7. The summed E-state index contributed by atoms with van der Waals surface area (Å²) in [4.78, 5) is 143. The first-order chi connectivity index (χ1) is 31.4. The van der Waals surface area contributed by atoms with Gasteiger partial charge < -0.3 is 64.0 Å². The van der Waals surface area contributed by atoms with E-state index in [2.05, 4.69) is 37.2 Å². The Morgan fingerprint density at radius 3 is 1.97 bits per heavy atom. The molecule has 1 fully saturated rings. The summed E-state index contributed by atoms with van der Waals surface area (Å²) in [6.07, 6.45) is -2.76. The number of aliphatic carboxylic acids is 2. The molecule has 0 saturated carbocycles. The molecule has 0 bridgehead atoms. The van der Waals surface area contributed by atoms with Crippen LogP contribution in [-0.2, 0) is 70.0 Å². The van der Waals surface area contributed by atoms with Gasteiger partial charge in [0.25, 0.3) is 0 Å². The van der Waals surface area contributed by atoms with Gasteiger partial charge in [0.05, 0.1) is 12.2 Å². The number of rotatable bonds is 15. The zero-order chi connectivity index (χ0) is 50.4. The number of benzene rings is 1. The van der Waals surface area contributed by atoms with Crippen LogP contribution in [0.4, 0.5) is 0 Å². The summed E-state index contributed by atoms with van der Waals surface area (Å²) in [5, 5.41) is 45.9. The molecule has 67 heavy (non-hydrogen) atoms. The summed E-state index contributed by atoms with van der Waals surface area (Å²) in [7, 11) is -2.15. The maximum absolute atomic E-state index is 14.4. The van der Waals surface area contributed by atoms with E-state index in [1.807, 2.05) is 0 Å². The van der Waals surface area contributed by atoms with Crippen molar-refractivity contribution in [3.63, 3.8) is 0 Å². The molecule has 24 nitrogen and oxygen atoms in total. The van der Waals surface area contributed by atoms with Crippen LogP contribution < -0.4 is 48.7 Å². The van der Waals surface area contributed by atoms with Crippen molar-refractivity contribution < 1.29 is 72.3 Å². The van der Waals surface area contributed by atoms with Gasteiger partial charge in [-0.15, -0.1) is 0 Å². The second kappa shape index (κ2) is 27.7. The van der Waals surface area contributed by atoms with Crippen LogP contribution in [-0.4, -0.2) is 138 Å². The summed E-state index contributed by atoms with van der Waals surface area (Å²) in [6, 6.07) is -2.01. The Hall–Kier alpha value is -6.66. The average molecular weight is 966 g/mol. The Bertz CT molecular complexity index is 2000. The summed E-state index contributed by atoms with van der Waals surface area (Å²) < 4.78 is 13.1. The molecule has 7 atom stereocenters. The van der Waals surface area contributed by atoms with Gasteiger partial charge in [-0.2, -0.15) is 0 Å². The fourth-order valence-electron chi connectivity index (χ4n) is 6.80. The molecule has 0 radical (unpaired) electrons. The smallest absolute Gasteiger partial charge is 0.303 e. The highest BCUT2D eigenvalue weighted by molar-refractivity contribution is 7.85. The summed E-state index contributed by atoms with van der Waals surface area (Å²) >= 11 is 0. The summed E-state index contributed by atoms with van der Waals surface area (Å²) in [5.74, 6) is -12.8. The molecule has 1 aromatic rings. The van der Waals surface area contributed by atoms with E-state index in [0.717, 1.165) is 0 Å². The van der Waals surface area contributed by atoms with Crippen LogP contribution in [0, 0.1) is 5.92 Å². The van der Waals surface area contributed by atoms with E-state index in [1.54, 1.807) is 13.8 Å². The molecule has 1 heterocycles. The van der Waals surface area contributed by atoms with Gasteiger partial charge in [-0.05, 0) is 75.5 Å². The number of carboxylic acid groups (broad SMARTS) is 2. The Kier molecular flexibility index (Phi) is 23.4. The van der Waals surface area contributed by atoms with Gasteiger partial charge in [0, 0.05) is 43.0 Å². The lowest BCUT2D eigenvalue weighted by Gasteiger charge is -2.33. The van der Waals surface area contributed by atoms with Gasteiger partial charge >= 0.3 is 11.9 Å². The maximum atomic E-state index is 14.4. The Morgan fingerprint density at radius 1 is 0.761 bits per heavy atom. The van der Waals surface area contributed by atoms with Crippen LogP contribution in [0.2, 0.25) is 0 Å². The number of hydrogen-bond donors (Lipinski definition) is 12. The van der Waals surface area contributed by atoms with Gasteiger partial charge in [0.2, 0.25) is 53.2 Å². The lowest BCUT2D eigenvalue weighted by molar-refractivity contribution is -0.139. The van der Waals surface area contributed by atoms with Crippen LogP contribution in [0.1, 0.15) is 97.0 Å². The van der Waals surface area contributed by atoms with Crippen molar-refractivity contribution >= 4 is 75.9 Å². The first kappa shape index (κ1) is 56.5. The van der Waals surface area contributed by atoms with Gasteiger partial charge in [-0.3, -0.25) is 56.9 Å². The number of aromatic hydroxyl groups is 1. The fraction of sp³-hybridized carbons (Fsp3) is 0.595. The van der Waals surface area contributed by atoms with Gasteiger partial charge in [0.15, 0.2) is 0 Å². The number of nitrogens with two attached hydrogens (primary N) is 2. The van der Waals surface area contributed by atoms with Crippen LogP contribution >= 0.6 is 0 Å². The van der Waals surface area contributed by atoms with Crippen LogP contribution in [0.15, 0.2) is 24.3 Å². The van der Waals surface area contributed by atoms with E-state index < -0.39 is 142 Å². The molecule has 1 aliphatic heterocycles. The third-order valence-corrected chi connectivity index (χ3v) is 11.6. The standard InChI is InChI=1S/C42H63N9O15S/c1-23(2)18-27-39(63)49-28(19-24-12-14-25(52)15-13-24)40(64)51-42(3,16-7-11-35(58)59)41(65)50-29(20-31(43)53)37(61)45-17-5-4-9-32(54)47-30(36(44)60)21-67(66)22-33(55)46-26(38(62)48-27)8-6-10-34(56)57/h12-15,23,26-30,52H,4-11,16-22H2,1-3H3,(H2,43,53)(H2,44,60)(H,45,61)(H,46,55)(H,47,54)(H,48,62)(H,49,63)(H,50,65)(H,51,64)(H,56,57)(H,58,59)/t26-,27-,28-,29-,30-,42-,67+/m0/s1. The van der Waals surface area contributed by atoms with Crippen LogP contribution in [0.3, 0.4) is 0 Å². The molecule has 0 spiro atoms. The molecule has 1 aliphatic rings. The molecule has 0 aromatic heterocycles. The molecule has 0 aliphatic carbocycles. The highest BCUT2D eigenvalue weighted by Crippen LogP contribution is 2.18. The average Bonchev–Trinajstić information content (AvgIpc) is 3.21. The van der Waals surface area contributed by atoms with Crippen molar-refractivity contribution in [1.82, 2.24) is 37.2 Å². The van der Waals surface area contributed by atoms with Crippen LogP contribution in [0.5, 0.6) is 5.75 Å². The number of hydrogen-bond acceptors (Lipinski definition) is 13. The maximum Gasteiger partial charge on any atom is 0.303 e. The van der Waals surface area contributed by atoms with Crippen molar-refractivity contribution in [2.75, 3.05) is 18.1 Å². The van der Waals surface area contributed by atoms with Crippen molar-refractivity contribution in [2.45, 2.75) is 134 Å². The monoisotopic (exact) mass is 965 g/mol. The summed E-state index contributed by atoms with van der Waals surface area (Å²) in [6.45, 7) is 4.58. The van der Waals surface area contributed by atoms with Gasteiger partial charge in [-0.25, -0.2) is 0 Å². The Labute approximate surface area is 389 Å². The largest absolute Gasteiger partial charge is 0.508 e.